The number of hydrogen-bond acceptors (Lipinski definition) is 2. The van der Waals surface area contributed by atoms with E-state index in [1.54, 1.807) is 11.0 Å². The van der Waals surface area contributed by atoms with Crippen LogP contribution in [0.5, 0.6) is 0 Å². The van der Waals surface area contributed by atoms with Gasteiger partial charge in [-0.3, -0.25) is 0 Å². The maximum absolute atomic E-state index is 12.5. The number of carbonyl (C=O) groups excluding carboxylic acids is 1. The third kappa shape index (κ3) is 5.28. The Balaban J connectivity index is 1.91. The van der Waals surface area contributed by atoms with Crippen LogP contribution in [0.2, 0.25) is 0 Å². The lowest BCUT2D eigenvalue weighted by molar-refractivity contribution is -0.137. The van der Waals surface area contributed by atoms with E-state index in [9.17, 15) is 18.0 Å². The molecule has 1 saturated heterocycles. The largest absolute Gasteiger partial charge is 0.444 e. The van der Waals surface area contributed by atoms with Crippen molar-refractivity contribution in [1.29, 1.82) is 0 Å². The van der Waals surface area contributed by atoms with Crippen molar-refractivity contribution in [3.63, 3.8) is 0 Å². The van der Waals surface area contributed by atoms with Crippen LogP contribution in [-0.2, 0) is 10.9 Å². The van der Waals surface area contributed by atoms with Crippen LogP contribution in [0.4, 0.5) is 18.0 Å². The second kappa shape index (κ2) is 6.87. The molecule has 6 heteroatoms. The minimum Gasteiger partial charge on any atom is -0.444 e. The molecular formula is C18H22F3NO2. The molecule has 0 N–H and O–H groups in total. The van der Waals surface area contributed by atoms with E-state index in [2.05, 4.69) is 0 Å². The standard InChI is InChI=1S/C18H22F3NO2/c1-17(2,3)24-16(23)22-11-10-14(12-22)5-4-13-6-8-15(9-7-13)18(19,20)21/h4-9,14H,10-12H2,1-3H3/b5-4-. The molecule has 0 radical (unpaired) electrons. The van der Waals surface area contributed by atoms with Crippen molar-refractivity contribution in [1.82, 2.24) is 4.90 Å². The monoisotopic (exact) mass is 341 g/mol. The molecule has 1 unspecified atom stereocenters. The summed E-state index contributed by atoms with van der Waals surface area (Å²) >= 11 is 0. The van der Waals surface area contributed by atoms with Crippen LogP contribution in [0.1, 0.15) is 38.3 Å². The molecule has 24 heavy (non-hydrogen) atoms. The summed E-state index contributed by atoms with van der Waals surface area (Å²) in [6, 6.07) is 5.03. The number of rotatable bonds is 2. The number of nitrogens with zero attached hydrogens (tertiary/aromatic N) is 1. The molecule has 0 aromatic heterocycles. The first kappa shape index (κ1) is 18.4. The second-order valence-corrected chi connectivity index (χ2v) is 6.95. The molecule has 2 rings (SSSR count). The van der Waals surface area contributed by atoms with E-state index in [-0.39, 0.29) is 12.0 Å². The minimum atomic E-state index is -4.32. The third-order valence-electron chi connectivity index (χ3n) is 3.68. The molecule has 1 aliphatic rings. The van der Waals surface area contributed by atoms with Gasteiger partial charge in [-0.1, -0.05) is 24.3 Å². The van der Waals surface area contributed by atoms with E-state index in [4.69, 9.17) is 4.74 Å². The first-order valence-electron chi connectivity index (χ1n) is 7.88. The molecule has 0 spiro atoms. The Kier molecular flexibility index (Phi) is 5.26. The summed E-state index contributed by atoms with van der Waals surface area (Å²) in [5.41, 5.74) is -0.471. The van der Waals surface area contributed by atoms with Gasteiger partial charge in [0.25, 0.3) is 0 Å². The molecular weight excluding hydrogens is 319 g/mol. The first-order chi connectivity index (χ1) is 11.0. The summed E-state index contributed by atoms with van der Waals surface area (Å²) in [4.78, 5) is 13.6. The highest BCUT2D eigenvalue weighted by atomic mass is 19.4. The second-order valence-electron chi connectivity index (χ2n) is 6.95. The van der Waals surface area contributed by atoms with Gasteiger partial charge in [0, 0.05) is 13.1 Å². The van der Waals surface area contributed by atoms with Gasteiger partial charge in [-0.25, -0.2) is 4.79 Å². The number of halogens is 3. The highest BCUT2D eigenvalue weighted by Crippen LogP contribution is 2.29. The Labute approximate surface area is 140 Å². The Bertz CT molecular complexity index is 600. The maximum Gasteiger partial charge on any atom is 0.416 e. The molecule has 3 nitrogen and oxygen atoms in total. The average Bonchev–Trinajstić information content (AvgIpc) is 2.92. The number of hydrogen-bond donors (Lipinski definition) is 0. The highest BCUT2D eigenvalue weighted by Gasteiger charge is 2.30. The van der Waals surface area contributed by atoms with Crippen LogP contribution in [0.3, 0.4) is 0 Å². The van der Waals surface area contributed by atoms with Crippen LogP contribution in [0.25, 0.3) is 6.08 Å². The summed E-state index contributed by atoms with van der Waals surface area (Å²) in [6.45, 7) is 6.65. The van der Waals surface area contributed by atoms with Gasteiger partial charge in [0.15, 0.2) is 0 Å². The van der Waals surface area contributed by atoms with Crippen LogP contribution in [-0.4, -0.2) is 29.7 Å². The zero-order valence-electron chi connectivity index (χ0n) is 14.1. The van der Waals surface area contributed by atoms with Crippen molar-refractivity contribution in [2.75, 3.05) is 13.1 Å². The fourth-order valence-electron chi connectivity index (χ4n) is 2.47. The fraction of sp³-hybridized carbons (Fsp3) is 0.500. The van der Waals surface area contributed by atoms with Gasteiger partial charge < -0.3 is 9.64 Å². The third-order valence-corrected chi connectivity index (χ3v) is 3.68. The van der Waals surface area contributed by atoms with Gasteiger partial charge in [0.1, 0.15) is 5.60 Å². The van der Waals surface area contributed by atoms with Crippen molar-refractivity contribution in [2.45, 2.75) is 39.0 Å². The van der Waals surface area contributed by atoms with Crippen LogP contribution < -0.4 is 0 Å². The molecule has 1 atom stereocenters. The lowest BCUT2D eigenvalue weighted by Gasteiger charge is -2.24. The van der Waals surface area contributed by atoms with Gasteiger partial charge in [-0.2, -0.15) is 13.2 Å². The van der Waals surface area contributed by atoms with E-state index in [1.807, 2.05) is 26.8 Å². The smallest absolute Gasteiger partial charge is 0.416 e. The van der Waals surface area contributed by atoms with Crippen molar-refractivity contribution in [3.05, 3.63) is 41.5 Å². The van der Waals surface area contributed by atoms with E-state index >= 15 is 0 Å². The molecule has 1 heterocycles. The number of ether oxygens (including phenoxy) is 1. The topological polar surface area (TPSA) is 29.5 Å². The fourth-order valence-corrected chi connectivity index (χ4v) is 2.47. The Hall–Kier alpha value is -1.98. The van der Waals surface area contributed by atoms with Crippen LogP contribution in [0, 0.1) is 5.92 Å². The molecule has 0 bridgehead atoms. The van der Waals surface area contributed by atoms with E-state index in [1.165, 1.54) is 12.1 Å². The van der Waals surface area contributed by atoms with Crippen molar-refractivity contribution < 1.29 is 22.7 Å². The molecule has 1 aromatic carbocycles. The van der Waals surface area contributed by atoms with E-state index in [0.29, 0.717) is 18.7 Å². The van der Waals surface area contributed by atoms with E-state index < -0.39 is 17.3 Å². The molecule has 0 aliphatic carbocycles. The molecule has 1 amide bonds. The number of benzene rings is 1. The number of likely N-dealkylation sites (tertiary alicyclic amines) is 1. The Morgan fingerprint density at radius 1 is 1.21 bits per heavy atom. The average molecular weight is 341 g/mol. The zero-order chi connectivity index (χ0) is 18.0. The summed E-state index contributed by atoms with van der Waals surface area (Å²) in [7, 11) is 0. The predicted molar refractivity (Wildman–Crippen MR) is 86.4 cm³/mol. The Morgan fingerprint density at radius 3 is 2.38 bits per heavy atom. The predicted octanol–water partition coefficient (Wildman–Crippen LogP) is 4.98. The molecule has 1 aliphatic heterocycles. The SMILES string of the molecule is CC(C)(C)OC(=O)N1CCC(/C=C\c2ccc(C(F)(F)F)cc2)C1. The molecule has 0 saturated carbocycles. The van der Waals surface area contributed by atoms with Crippen molar-refractivity contribution >= 4 is 12.2 Å². The number of amides is 1. The highest BCUT2D eigenvalue weighted by molar-refractivity contribution is 5.68. The summed E-state index contributed by atoms with van der Waals surface area (Å²) < 4.78 is 42.9. The minimum absolute atomic E-state index is 0.180. The number of alkyl halides is 3. The molecule has 1 aromatic rings. The van der Waals surface area contributed by atoms with E-state index in [0.717, 1.165) is 18.6 Å². The lowest BCUT2D eigenvalue weighted by atomic mass is 10.1. The van der Waals surface area contributed by atoms with Crippen molar-refractivity contribution in [2.24, 2.45) is 5.92 Å². The van der Waals surface area contributed by atoms with Crippen LogP contribution >= 0.6 is 0 Å². The van der Waals surface area contributed by atoms with Crippen molar-refractivity contribution in [3.8, 4) is 0 Å². The quantitative estimate of drug-likeness (QED) is 0.759. The lowest BCUT2D eigenvalue weighted by Crippen LogP contribution is -2.35. The van der Waals surface area contributed by atoms with Crippen LogP contribution in [0.15, 0.2) is 30.3 Å². The van der Waals surface area contributed by atoms with Gasteiger partial charge in [0.2, 0.25) is 0 Å². The van der Waals surface area contributed by atoms with Gasteiger partial charge >= 0.3 is 12.3 Å². The summed E-state index contributed by atoms with van der Waals surface area (Å²) in [5, 5.41) is 0. The first-order valence-corrected chi connectivity index (χ1v) is 7.88. The van der Waals surface area contributed by atoms with Gasteiger partial charge in [-0.15, -0.1) is 0 Å². The zero-order valence-corrected chi connectivity index (χ0v) is 14.1. The normalized spacial score (nSPS) is 19.1. The Morgan fingerprint density at radius 2 is 1.83 bits per heavy atom. The number of carbonyl (C=O) groups is 1. The van der Waals surface area contributed by atoms with Gasteiger partial charge in [0.05, 0.1) is 5.56 Å². The maximum atomic E-state index is 12.5. The van der Waals surface area contributed by atoms with Gasteiger partial charge in [-0.05, 0) is 50.8 Å². The summed E-state index contributed by atoms with van der Waals surface area (Å²) in [6.07, 6.45) is -0.0955. The molecule has 1 fully saturated rings. The summed E-state index contributed by atoms with van der Waals surface area (Å²) in [5.74, 6) is 0.180. The molecule has 132 valence electrons.